The van der Waals surface area contributed by atoms with Crippen molar-refractivity contribution in [3.63, 3.8) is 0 Å². The molecule has 3 aliphatic rings. The minimum atomic E-state index is 0.321. The number of nitrogens with zero attached hydrogens (tertiary/aromatic N) is 1. The highest BCUT2D eigenvalue weighted by Gasteiger charge is 2.47. The van der Waals surface area contributed by atoms with Gasteiger partial charge in [-0.3, -0.25) is 0 Å². The van der Waals surface area contributed by atoms with Crippen LogP contribution in [0.15, 0.2) is 99.9 Å². The van der Waals surface area contributed by atoms with Crippen molar-refractivity contribution in [3.8, 4) is 11.1 Å². The molecule has 0 aromatic heterocycles. The molecule has 0 heterocycles. The van der Waals surface area contributed by atoms with Crippen LogP contribution in [-0.4, -0.2) is 0 Å². The summed E-state index contributed by atoms with van der Waals surface area (Å²) in [6, 6.07) is 33.3. The maximum absolute atomic E-state index is 3.59. The molecule has 4 aromatic carbocycles. The Morgan fingerprint density at radius 3 is 1.63 bits per heavy atom. The fraction of sp³-hybridized carbons (Fsp3) is 0.250. The summed E-state index contributed by atoms with van der Waals surface area (Å²) in [4.78, 5) is 2.32. The van der Waals surface area contributed by atoms with Crippen molar-refractivity contribution >= 4 is 48.9 Å². The summed E-state index contributed by atoms with van der Waals surface area (Å²) in [5.74, 6) is 0. The molecule has 4 aromatic rings. The number of halogens is 2. The molecule has 3 aliphatic carbocycles. The van der Waals surface area contributed by atoms with Crippen LogP contribution in [0.25, 0.3) is 11.1 Å². The summed E-state index contributed by atoms with van der Waals surface area (Å²) in [6.45, 7) is 4.95. The summed E-state index contributed by atoms with van der Waals surface area (Å²) >= 11 is 7.17. The number of benzene rings is 4. The number of hydrogen-bond donors (Lipinski definition) is 0. The van der Waals surface area contributed by atoms with E-state index in [1.54, 1.807) is 11.1 Å². The van der Waals surface area contributed by atoms with Crippen LogP contribution in [0.3, 0.4) is 0 Å². The number of anilines is 3. The largest absolute Gasteiger partial charge is 0.310 e. The molecular weight excluding hydrogens is 558 g/mol. The third kappa shape index (κ3) is 4.07. The predicted octanol–water partition coefficient (Wildman–Crippen LogP) is 10.5. The van der Waals surface area contributed by atoms with Crippen LogP contribution in [-0.2, 0) is 10.8 Å². The minimum absolute atomic E-state index is 0.321. The summed E-state index contributed by atoms with van der Waals surface area (Å²) < 4.78 is 2.16. The third-order valence-electron chi connectivity index (χ3n) is 8.38. The molecule has 0 spiro atoms. The lowest BCUT2D eigenvalue weighted by Crippen LogP contribution is -2.44. The van der Waals surface area contributed by atoms with E-state index in [4.69, 9.17) is 0 Å². The Morgan fingerprint density at radius 2 is 1.06 bits per heavy atom. The van der Waals surface area contributed by atoms with Gasteiger partial charge in [0.05, 0.1) is 0 Å². The van der Waals surface area contributed by atoms with E-state index in [1.165, 1.54) is 36.8 Å². The van der Waals surface area contributed by atoms with Crippen LogP contribution in [0.4, 0.5) is 17.1 Å². The van der Waals surface area contributed by atoms with Crippen LogP contribution >= 0.6 is 31.9 Å². The summed E-state index contributed by atoms with van der Waals surface area (Å²) in [7, 11) is 0. The van der Waals surface area contributed by atoms with E-state index in [-0.39, 0.29) is 0 Å². The van der Waals surface area contributed by atoms with Crippen LogP contribution in [0.5, 0.6) is 0 Å². The molecule has 176 valence electrons. The van der Waals surface area contributed by atoms with E-state index in [2.05, 4.69) is 142 Å². The summed E-state index contributed by atoms with van der Waals surface area (Å²) in [6.07, 6.45) is 5.25. The Labute approximate surface area is 225 Å². The van der Waals surface area contributed by atoms with Gasteiger partial charge in [-0.05, 0) is 119 Å². The van der Waals surface area contributed by atoms with Gasteiger partial charge in [-0.15, -0.1) is 0 Å². The molecule has 0 saturated heterocycles. The molecular formula is C32H29Br2N. The maximum Gasteiger partial charge on any atom is 0.0467 e. The van der Waals surface area contributed by atoms with Gasteiger partial charge in [0.15, 0.2) is 0 Å². The lowest BCUT2D eigenvalue weighted by molar-refractivity contribution is 0.188. The van der Waals surface area contributed by atoms with E-state index in [0.29, 0.717) is 10.8 Å². The van der Waals surface area contributed by atoms with Crippen LogP contribution in [0.2, 0.25) is 0 Å². The topological polar surface area (TPSA) is 3.24 Å². The number of fused-ring (bicyclic) bond motifs is 2. The molecule has 1 nitrogen and oxygen atoms in total. The summed E-state index contributed by atoms with van der Waals surface area (Å²) in [5.41, 5.74) is 9.85. The van der Waals surface area contributed by atoms with Crippen LogP contribution < -0.4 is 4.90 Å². The third-order valence-corrected chi connectivity index (χ3v) is 9.44. The second kappa shape index (κ2) is 8.64. The molecule has 0 unspecified atom stereocenters. The van der Waals surface area contributed by atoms with Gasteiger partial charge in [0.1, 0.15) is 0 Å². The van der Waals surface area contributed by atoms with Gasteiger partial charge in [-0.2, -0.15) is 0 Å². The highest BCUT2D eigenvalue weighted by Crippen LogP contribution is 2.56. The highest BCUT2D eigenvalue weighted by molar-refractivity contribution is 9.10. The number of rotatable bonds is 4. The first-order valence-corrected chi connectivity index (χ1v) is 14.0. The average Bonchev–Trinajstić information content (AvgIpc) is 2.88. The first-order valence-electron chi connectivity index (χ1n) is 12.4. The van der Waals surface area contributed by atoms with Crippen LogP contribution in [0.1, 0.15) is 50.7 Å². The second-order valence-electron chi connectivity index (χ2n) is 10.7. The van der Waals surface area contributed by atoms with E-state index in [9.17, 15) is 0 Å². The van der Waals surface area contributed by atoms with Crippen molar-refractivity contribution in [2.24, 2.45) is 0 Å². The van der Waals surface area contributed by atoms with Crippen molar-refractivity contribution < 1.29 is 0 Å². The fourth-order valence-electron chi connectivity index (χ4n) is 6.09. The quantitative estimate of drug-likeness (QED) is 0.230. The van der Waals surface area contributed by atoms with Crippen LogP contribution in [0, 0.1) is 0 Å². The summed E-state index contributed by atoms with van der Waals surface area (Å²) in [5, 5.41) is 0. The van der Waals surface area contributed by atoms with Gasteiger partial charge in [0.2, 0.25) is 0 Å². The van der Waals surface area contributed by atoms with E-state index in [1.807, 2.05) is 0 Å². The molecule has 0 amide bonds. The zero-order chi connectivity index (χ0) is 24.2. The Balaban J connectivity index is 1.45. The van der Waals surface area contributed by atoms with E-state index in [0.717, 1.165) is 26.0 Å². The highest BCUT2D eigenvalue weighted by atomic mass is 79.9. The zero-order valence-electron chi connectivity index (χ0n) is 20.2. The van der Waals surface area contributed by atoms with Gasteiger partial charge in [0.25, 0.3) is 0 Å². The maximum atomic E-state index is 3.59. The number of hydrogen-bond acceptors (Lipinski definition) is 1. The van der Waals surface area contributed by atoms with Gasteiger partial charge >= 0.3 is 0 Å². The second-order valence-corrected chi connectivity index (χ2v) is 12.6. The van der Waals surface area contributed by atoms with Gasteiger partial charge in [-0.1, -0.05) is 76.0 Å². The van der Waals surface area contributed by atoms with Gasteiger partial charge < -0.3 is 4.90 Å². The minimum Gasteiger partial charge on any atom is -0.310 e. The molecule has 0 aliphatic heterocycles. The molecule has 3 heteroatoms. The first-order chi connectivity index (χ1) is 16.8. The molecule has 0 radical (unpaired) electrons. The molecule has 35 heavy (non-hydrogen) atoms. The lowest BCUT2D eigenvalue weighted by Gasteiger charge is -2.52. The Hall–Kier alpha value is -2.36. The fourth-order valence-corrected chi connectivity index (χ4v) is 6.62. The first kappa shape index (κ1) is 23.1. The molecule has 1 saturated carbocycles. The van der Waals surface area contributed by atoms with Gasteiger partial charge in [-0.25, -0.2) is 0 Å². The average molecular weight is 587 g/mol. The smallest absolute Gasteiger partial charge is 0.0467 e. The van der Waals surface area contributed by atoms with Gasteiger partial charge in [0, 0.05) is 26.0 Å². The monoisotopic (exact) mass is 585 g/mol. The molecule has 1 fully saturated rings. The Kier molecular flexibility index (Phi) is 5.69. The normalized spacial score (nSPS) is 22.6. The SMILES string of the molecule is CC12CCC(C)(CC1)c1cc(-c3cccc(N(c4ccc(Br)cc4)c4ccc(Br)cc4)c3)ccc12. The standard InChI is InChI=1S/C32H29Br2N/c1-31-16-18-32(2,19-17-31)30-21-23(6-15-29(30)31)22-4-3-5-28(20-22)35(26-11-7-24(33)8-12-26)27-13-9-25(34)10-14-27/h3-15,20-21H,16-19H2,1-2H3. The lowest BCUT2D eigenvalue weighted by atomic mass is 9.52. The van der Waals surface area contributed by atoms with E-state index < -0.39 is 0 Å². The molecule has 2 bridgehead atoms. The van der Waals surface area contributed by atoms with Crippen molar-refractivity contribution in [1.82, 2.24) is 0 Å². The molecule has 0 N–H and O–H groups in total. The van der Waals surface area contributed by atoms with Crippen molar-refractivity contribution in [2.75, 3.05) is 4.90 Å². The zero-order valence-corrected chi connectivity index (χ0v) is 23.4. The Morgan fingerprint density at radius 1 is 0.543 bits per heavy atom. The molecule has 7 rings (SSSR count). The molecule has 0 atom stereocenters. The van der Waals surface area contributed by atoms with Crippen molar-refractivity contribution in [2.45, 2.75) is 50.4 Å². The predicted molar refractivity (Wildman–Crippen MR) is 155 cm³/mol. The Bertz CT molecular complexity index is 1330. The van der Waals surface area contributed by atoms with E-state index >= 15 is 0 Å². The van der Waals surface area contributed by atoms with Crippen molar-refractivity contribution in [1.29, 1.82) is 0 Å². The van der Waals surface area contributed by atoms with Crippen molar-refractivity contribution in [3.05, 3.63) is 111 Å².